The third kappa shape index (κ3) is 7.03. The molecule has 14 heteroatoms. The van der Waals surface area contributed by atoms with Crippen molar-refractivity contribution in [2.75, 3.05) is 48.2 Å². The average Bonchev–Trinajstić information content (AvgIpc) is 4.00. The number of amides is 2. The number of nitrogens with one attached hydrogen (secondary N) is 1. The number of halogens is 1. The number of ether oxygens (including phenoxy) is 2. The van der Waals surface area contributed by atoms with Gasteiger partial charge in [0, 0.05) is 41.1 Å². The lowest BCUT2D eigenvalue weighted by Crippen LogP contribution is -2.55. The summed E-state index contributed by atoms with van der Waals surface area (Å²) in [5, 5.41) is 22.4. The van der Waals surface area contributed by atoms with Gasteiger partial charge in [-0.2, -0.15) is 0 Å². The Kier molecular flexibility index (Phi) is 10.8. The number of aryl methyl sites for hydroxylation is 1. The van der Waals surface area contributed by atoms with Crippen LogP contribution >= 0.6 is 0 Å². The number of hydrogen-bond acceptors (Lipinski definition) is 9. The number of carbonyl (C=O) groups excluding carboxylic acids is 2. The van der Waals surface area contributed by atoms with Crippen molar-refractivity contribution in [3.05, 3.63) is 132 Å². The molecule has 4 aliphatic heterocycles. The number of nitrogens with zero attached hydrogens (tertiary/aromatic N) is 6. The molecule has 3 fully saturated rings. The molecule has 1 aromatic heterocycles. The van der Waals surface area contributed by atoms with Gasteiger partial charge in [0.2, 0.25) is 8.41 Å². The van der Waals surface area contributed by atoms with E-state index in [0.29, 0.717) is 55.2 Å². The second kappa shape index (κ2) is 16.1. The number of piperidine rings is 1. The van der Waals surface area contributed by atoms with Crippen LogP contribution in [0.2, 0.25) is 18.6 Å². The van der Waals surface area contributed by atoms with Crippen molar-refractivity contribution in [2.45, 2.75) is 81.1 Å². The summed E-state index contributed by atoms with van der Waals surface area (Å²) in [6.07, 6.45) is 3.06. The van der Waals surface area contributed by atoms with Gasteiger partial charge in [0.15, 0.2) is 5.60 Å². The van der Waals surface area contributed by atoms with Crippen LogP contribution in [0.1, 0.15) is 54.5 Å². The maximum atomic E-state index is 16.7. The van der Waals surface area contributed by atoms with Crippen LogP contribution in [-0.4, -0.2) is 85.4 Å². The van der Waals surface area contributed by atoms with Gasteiger partial charge in [-0.15, -0.1) is 5.10 Å². The van der Waals surface area contributed by atoms with Gasteiger partial charge in [-0.25, -0.2) is 0 Å². The first-order valence-electron chi connectivity index (χ1n) is 21.4. The lowest BCUT2D eigenvalue weighted by atomic mass is 9.82. The van der Waals surface area contributed by atoms with E-state index in [-0.39, 0.29) is 30.9 Å². The van der Waals surface area contributed by atoms with Crippen molar-refractivity contribution in [2.24, 2.45) is 5.92 Å². The maximum absolute atomic E-state index is 16.7. The number of rotatable bonds is 12. The van der Waals surface area contributed by atoms with Crippen molar-refractivity contribution in [1.82, 2.24) is 20.3 Å². The number of aliphatic hydroxyl groups is 1. The zero-order chi connectivity index (χ0) is 42.5. The Morgan fingerprint density at radius 1 is 0.951 bits per heavy atom. The lowest BCUT2D eigenvalue weighted by Gasteiger charge is -2.39. The zero-order valence-corrected chi connectivity index (χ0v) is 36.2. The predicted molar refractivity (Wildman–Crippen MR) is 235 cm³/mol. The molecule has 0 radical (unpaired) electrons. The van der Waals surface area contributed by atoms with Crippen LogP contribution in [0.15, 0.2) is 109 Å². The number of carbonyl (C=O) groups is 2. The van der Waals surface area contributed by atoms with Crippen LogP contribution in [0.4, 0.5) is 21.2 Å². The molecule has 2 amide bonds. The summed E-state index contributed by atoms with van der Waals surface area (Å²) in [5.41, 5.74) is 2.99. The molecule has 1 unspecified atom stereocenters. The van der Waals surface area contributed by atoms with Gasteiger partial charge < -0.3 is 33.8 Å². The van der Waals surface area contributed by atoms with E-state index in [2.05, 4.69) is 32.7 Å². The lowest BCUT2D eigenvalue weighted by molar-refractivity contribution is -0.146. The van der Waals surface area contributed by atoms with Crippen molar-refractivity contribution >= 4 is 37.3 Å². The fraction of sp³-hybridized carbons (Fsp3) is 0.404. The molecular formula is C47H54FN7O5Si. The average molecular weight is 844 g/mol. The first-order chi connectivity index (χ1) is 29.5. The van der Waals surface area contributed by atoms with E-state index in [4.69, 9.17) is 9.47 Å². The Morgan fingerprint density at radius 3 is 2.38 bits per heavy atom. The predicted octanol–water partition coefficient (Wildman–Crippen LogP) is 6.76. The molecule has 0 aliphatic carbocycles. The molecule has 5 aromatic rings. The highest BCUT2D eigenvalue weighted by atomic mass is 28.4. The van der Waals surface area contributed by atoms with Crippen LogP contribution in [-0.2, 0) is 33.0 Å². The summed E-state index contributed by atoms with van der Waals surface area (Å²) in [4.78, 5) is 35.7. The Hall–Kier alpha value is -5.41. The van der Waals surface area contributed by atoms with Gasteiger partial charge in [0.05, 0.1) is 50.3 Å². The molecule has 318 valence electrons. The highest BCUT2D eigenvalue weighted by molar-refractivity contribution is 6.72. The second-order valence-electron chi connectivity index (χ2n) is 17.5. The number of aromatic nitrogens is 3. The molecule has 4 aliphatic rings. The van der Waals surface area contributed by atoms with E-state index in [9.17, 15) is 9.90 Å². The number of para-hydroxylation sites is 1. The molecule has 5 atom stereocenters. The summed E-state index contributed by atoms with van der Waals surface area (Å²) in [7, 11) is -1.85. The Balaban J connectivity index is 1.00. The monoisotopic (exact) mass is 843 g/mol. The van der Waals surface area contributed by atoms with E-state index in [1.54, 1.807) is 29.8 Å². The van der Waals surface area contributed by atoms with Gasteiger partial charge in [-0.05, 0) is 99.0 Å². The standard InChI is InChI=1S/C47H54FN7O5Si/c1-32-43(61(3,4)48)42(20-25-52-29-40(50-51-52)38(30-56)34-13-7-5-8-14-34)60-47(32)39-27-37(59-2)18-19-41(39)53(45(47)58)28-33-12-11-17-36(26-33)54-31-55(35-15-9-6-10-16-35)46(44(54)57)21-23-49-24-22-46/h5-19,26-27,29,32,38,42-43,49,56H,20-25,28,30-31H2,1-4H3/t32-,38?,42+,43-,47+/m1/s1. The van der Waals surface area contributed by atoms with E-state index in [1.165, 1.54) is 0 Å². The van der Waals surface area contributed by atoms with Crippen LogP contribution in [0, 0.1) is 5.92 Å². The number of benzene rings is 4. The summed E-state index contributed by atoms with van der Waals surface area (Å²) in [6.45, 7) is 7.79. The SMILES string of the molecule is COc1ccc2c(c1)[C@]1(O[C@@H](CCn3cc(C(CO)c4ccccc4)nn3)[C@H]([Si](C)(C)F)[C@H]1C)C(=O)N2Cc1cccc(N2CN(c3ccccc3)C3(CCNCC3)C2=O)c1. The minimum absolute atomic E-state index is 0.0819. The number of aliphatic hydroxyl groups excluding tert-OH is 1. The Morgan fingerprint density at radius 2 is 1.67 bits per heavy atom. The molecule has 61 heavy (non-hydrogen) atoms. The van der Waals surface area contributed by atoms with E-state index >= 15 is 8.90 Å². The summed E-state index contributed by atoms with van der Waals surface area (Å²) < 4.78 is 31.2. The molecule has 2 N–H and O–H groups in total. The van der Waals surface area contributed by atoms with Crippen molar-refractivity contribution in [3.63, 3.8) is 0 Å². The molecule has 5 heterocycles. The first-order valence-corrected chi connectivity index (χ1v) is 24.3. The van der Waals surface area contributed by atoms with Gasteiger partial charge in [-0.1, -0.05) is 72.8 Å². The van der Waals surface area contributed by atoms with Crippen molar-refractivity contribution in [1.29, 1.82) is 0 Å². The van der Waals surface area contributed by atoms with Crippen molar-refractivity contribution in [3.8, 4) is 5.75 Å². The van der Waals surface area contributed by atoms with E-state index in [0.717, 1.165) is 35.6 Å². The smallest absolute Gasteiger partial charge is 0.264 e. The fourth-order valence-corrected chi connectivity index (χ4v) is 13.2. The van der Waals surface area contributed by atoms with E-state index < -0.39 is 37.1 Å². The van der Waals surface area contributed by atoms with Crippen molar-refractivity contribution < 1.29 is 28.3 Å². The van der Waals surface area contributed by atoms with Crippen LogP contribution in [0.3, 0.4) is 0 Å². The van der Waals surface area contributed by atoms with Gasteiger partial charge in [-0.3, -0.25) is 19.2 Å². The van der Waals surface area contributed by atoms with Gasteiger partial charge in [0.25, 0.3) is 11.8 Å². The maximum Gasteiger partial charge on any atom is 0.264 e. The molecule has 3 saturated heterocycles. The summed E-state index contributed by atoms with van der Waals surface area (Å²) >= 11 is 0. The van der Waals surface area contributed by atoms with E-state index in [1.807, 2.05) is 109 Å². The molecule has 2 spiro atoms. The molecule has 4 aromatic carbocycles. The van der Waals surface area contributed by atoms with Crippen LogP contribution in [0.25, 0.3) is 0 Å². The molecule has 12 nitrogen and oxygen atoms in total. The minimum atomic E-state index is -3.44. The highest BCUT2D eigenvalue weighted by Gasteiger charge is 2.66. The zero-order valence-electron chi connectivity index (χ0n) is 35.2. The Bertz CT molecular complexity index is 2390. The van der Waals surface area contributed by atoms with Gasteiger partial charge in [0.1, 0.15) is 11.3 Å². The topological polar surface area (TPSA) is 125 Å². The second-order valence-corrected chi connectivity index (χ2v) is 21.3. The third-order valence-corrected chi connectivity index (χ3v) is 16.1. The Labute approximate surface area is 357 Å². The molecule has 0 saturated carbocycles. The van der Waals surface area contributed by atoms with Crippen LogP contribution in [0.5, 0.6) is 5.75 Å². The number of anilines is 3. The normalized spacial score (nSPS) is 24.0. The number of hydrogen-bond donors (Lipinski definition) is 2. The van der Waals surface area contributed by atoms with Gasteiger partial charge >= 0.3 is 0 Å². The van der Waals surface area contributed by atoms with Crippen LogP contribution < -0.4 is 24.8 Å². The number of fused-ring (bicyclic) bond motifs is 2. The number of methoxy groups -OCH3 is 1. The molecule has 0 bridgehead atoms. The summed E-state index contributed by atoms with van der Waals surface area (Å²) in [5.74, 6) is -0.396. The molecular weight excluding hydrogens is 790 g/mol. The quantitative estimate of drug-likeness (QED) is 0.104. The fourth-order valence-electron chi connectivity index (χ4n) is 10.6. The molecule has 9 rings (SSSR count). The third-order valence-electron chi connectivity index (χ3n) is 13.6. The summed E-state index contributed by atoms with van der Waals surface area (Å²) in [6, 6.07) is 33.3. The largest absolute Gasteiger partial charge is 0.497 e. The highest BCUT2D eigenvalue weighted by Crippen LogP contribution is 2.61. The first kappa shape index (κ1) is 41.0. The minimum Gasteiger partial charge on any atom is -0.497 e.